The molecule has 3 nitrogen and oxygen atoms in total. The second-order valence-corrected chi connectivity index (χ2v) is 5.86. The average molecular weight is 282 g/mol. The number of piperidine rings is 1. The van der Waals surface area contributed by atoms with Crippen LogP contribution in [0.1, 0.15) is 23.5 Å². The van der Waals surface area contributed by atoms with Crippen LogP contribution in [0.25, 0.3) is 0 Å². The molecule has 2 heterocycles. The minimum Gasteiger partial charge on any atom is -0.396 e. The van der Waals surface area contributed by atoms with Crippen LogP contribution in [0.2, 0.25) is 0 Å². The summed E-state index contributed by atoms with van der Waals surface area (Å²) in [5.41, 5.74) is 3.80. The standard InChI is InChI=1S/C18H22N2O/c1-14-11-19-9-7-18(14)20-10-8-17(16(12-20)13-21)15-5-3-2-4-6-15/h2-7,9,11,16-17,21H,8,10,12-13H2,1H3/t16-,17+/m1/s1. The molecule has 2 atom stereocenters. The zero-order chi connectivity index (χ0) is 14.7. The first-order chi connectivity index (χ1) is 10.3. The Morgan fingerprint density at radius 2 is 2.05 bits per heavy atom. The lowest BCUT2D eigenvalue weighted by atomic mass is 9.80. The Labute approximate surface area is 126 Å². The number of benzene rings is 1. The Bertz CT molecular complexity index is 585. The number of anilines is 1. The molecule has 21 heavy (non-hydrogen) atoms. The largest absolute Gasteiger partial charge is 0.396 e. The summed E-state index contributed by atoms with van der Waals surface area (Å²) < 4.78 is 0. The highest BCUT2D eigenvalue weighted by Gasteiger charge is 2.30. The molecule has 0 bridgehead atoms. The van der Waals surface area contributed by atoms with Gasteiger partial charge in [0, 0.05) is 43.7 Å². The third kappa shape index (κ3) is 2.93. The molecule has 0 aliphatic carbocycles. The Kier molecular flexibility index (Phi) is 4.20. The molecule has 1 fully saturated rings. The highest BCUT2D eigenvalue weighted by atomic mass is 16.3. The predicted octanol–water partition coefficient (Wildman–Crippen LogP) is 2.99. The van der Waals surface area contributed by atoms with Gasteiger partial charge in [-0.15, -0.1) is 0 Å². The third-order valence-electron chi connectivity index (χ3n) is 4.53. The summed E-state index contributed by atoms with van der Waals surface area (Å²) in [6.45, 7) is 4.27. The van der Waals surface area contributed by atoms with Gasteiger partial charge in [0.2, 0.25) is 0 Å². The van der Waals surface area contributed by atoms with Gasteiger partial charge in [0.1, 0.15) is 0 Å². The molecule has 1 aromatic carbocycles. The Morgan fingerprint density at radius 3 is 2.76 bits per heavy atom. The number of aryl methyl sites for hydroxylation is 1. The van der Waals surface area contributed by atoms with Crippen molar-refractivity contribution in [3.8, 4) is 0 Å². The SMILES string of the molecule is Cc1cnccc1N1CC[C@@H](c2ccccc2)[C@@H](CO)C1. The molecule has 3 rings (SSSR count). The molecular weight excluding hydrogens is 260 g/mol. The number of aromatic nitrogens is 1. The molecule has 3 heteroatoms. The van der Waals surface area contributed by atoms with Gasteiger partial charge >= 0.3 is 0 Å². The van der Waals surface area contributed by atoms with Gasteiger partial charge in [-0.1, -0.05) is 30.3 Å². The molecule has 1 aliphatic rings. The van der Waals surface area contributed by atoms with E-state index in [1.165, 1.54) is 16.8 Å². The van der Waals surface area contributed by atoms with Gasteiger partial charge in [0.25, 0.3) is 0 Å². The lowest BCUT2D eigenvalue weighted by molar-refractivity contribution is 0.189. The maximum Gasteiger partial charge on any atom is 0.0482 e. The number of hydrogen-bond acceptors (Lipinski definition) is 3. The van der Waals surface area contributed by atoms with Crippen LogP contribution in [-0.4, -0.2) is 29.8 Å². The second kappa shape index (κ2) is 6.27. The van der Waals surface area contributed by atoms with Crippen LogP contribution in [0.15, 0.2) is 48.8 Å². The van der Waals surface area contributed by atoms with Crippen molar-refractivity contribution in [3.63, 3.8) is 0 Å². The molecule has 0 radical (unpaired) electrons. The first kappa shape index (κ1) is 14.1. The van der Waals surface area contributed by atoms with Crippen molar-refractivity contribution in [2.45, 2.75) is 19.3 Å². The second-order valence-electron chi connectivity index (χ2n) is 5.86. The Balaban J connectivity index is 1.80. The number of aliphatic hydroxyl groups is 1. The highest BCUT2D eigenvalue weighted by molar-refractivity contribution is 5.52. The van der Waals surface area contributed by atoms with Crippen LogP contribution in [0.5, 0.6) is 0 Å². The van der Waals surface area contributed by atoms with Gasteiger partial charge in [0.05, 0.1) is 0 Å². The van der Waals surface area contributed by atoms with Crippen molar-refractivity contribution in [1.82, 2.24) is 4.98 Å². The summed E-state index contributed by atoms with van der Waals surface area (Å²) in [5.74, 6) is 0.739. The minimum atomic E-state index is 0.236. The van der Waals surface area contributed by atoms with Crippen LogP contribution in [-0.2, 0) is 0 Å². The normalized spacial score (nSPS) is 22.3. The summed E-state index contributed by atoms with van der Waals surface area (Å²) in [4.78, 5) is 6.55. The smallest absolute Gasteiger partial charge is 0.0482 e. The highest BCUT2D eigenvalue weighted by Crippen LogP contribution is 2.35. The summed E-state index contributed by atoms with van der Waals surface area (Å²) in [6.07, 6.45) is 4.84. The molecule has 1 aromatic heterocycles. The third-order valence-corrected chi connectivity index (χ3v) is 4.53. The van der Waals surface area contributed by atoms with Gasteiger partial charge < -0.3 is 10.0 Å². The van der Waals surface area contributed by atoms with E-state index in [0.29, 0.717) is 5.92 Å². The first-order valence-electron chi connectivity index (χ1n) is 7.61. The van der Waals surface area contributed by atoms with E-state index in [2.05, 4.69) is 47.1 Å². The molecule has 0 spiro atoms. The van der Waals surface area contributed by atoms with E-state index in [9.17, 15) is 5.11 Å². The summed E-state index contributed by atoms with van der Waals surface area (Å²) >= 11 is 0. The molecular formula is C18H22N2O. The molecule has 0 amide bonds. The lowest BCUT2D eigenvalue weighted by Gasteiger charge is -2.40. The fraction of sp³-hybridized carbons (Fsp3) is 0.389. The number of pyridine rings is 1. The molecule has 0 unspecified atom stereocenters. The number of rotatable bonds is 3. The zero-order valence-electron chi connectivity index (χ0n) is 12.4. The van der Waals surface area contributed by atoms with Crippen molar-refractivity contribution < 1.29 is 5.11 Å². The molecule has 0 saturated carbocycles. The van der Waals surface area contributed by atoms with Gasteiger partial charge in [0.15, 0.2) is 0 Å². The summed E-state index contributed by atoms with van der Waals surface area (Å²) in [6, 6.07) is 12.7. The van der Waals surface area contributed by atoms with Crippen LogP contribution < -0.4 is 4.90 Å². The monoisotopic (exact) mass is 282 g/mol. The summed E-state index contributed by atoms with van der Waals surface area (Å²) in [7, 11) is 0. The molecule has 1 saturated heterocycles. The number of aliphatic hydroxyl groups excluding tert-OH is 1. The van der Waals surface area contributed by atoms with E-state index < -0.39 is 0 Å². The number of hydrogen-bond donors (Lipinski definition) is 1. The van der Waals surface area contributed by atoms with E-state index in [1.807, 2.05) is 18.5 Å². The van der Waals surface area contributed by atoms with Gasteiger partial charge in [-0.2, -0.15) is 0 Å². The molecule has 110 valence electrons. The Hall–Kier alpha value is -1.87. The van der Waals surface area contributed by atoms with E-state index in [1.54, 1.807) is 0 Å². The van der Waals surface area contributed by atoms with Gasteiger partial charge in [-0.25, -0.2) is 0 Å². The van der Waals surface area contributed by atoms with Gasteiger partial charge in [-0.05, 0) is 36.5 Å². The maximum atomic E-state index is 9.82. The van der Waals surface area contributed by atoms with Crippen molar-refractivity contribution >= 4 is 5.69 Å². The Morgan fingerprint density at radius 1 is 1.24 bits per heavy atom. The number of nitrogens with zero attached hydrogens (tertiary/aromatic N) is 2. The van der Waals surface area contributed by atoms with Gasteiger partial charge in [-0.3, -0.25) is 4.98 Å². The topological polar surface area (TPSA) is 36.4 Å². The maximum absolute atomic E-state index is 9.82. The molecule has 1 aliphatic heterocycles. The van der Waals surface area contributed by atoms with E-state index in [4.69, 9.17) is 0 Å². The fourth-order valence-corrected chi connectivity index (χ4v) is 3.40. The van der Waals surface area contributed by atoms with Crippen molar-refractivity contribution in [3.05, 3.63) is 59.9 Å². The zero-order valence-corrected chi connectivity index (χ0v) is 12.4. The molecule has 2 aromatic rings. The lowest BCUT2D eigenvalue weighted by Crippen LogP contribution is -2.41. The van der Waals surface area contributed by atoms with E-state index >= 15 is 0 Å². The molecule has 1 N–H and O–H groups in total. The first-order valence-corrected chi connectivity index (χ1v) is 7.61. The minimum absolute atomic E-state index is 0.236. The van der Waals surface area contributed by atoms with Crippen LogP contribution in [0.4, 0.5) is 5.69 Å². The quantitative estimate of drug-likeness (QED) is 0.940. The van der Waals surface area contributed by atoms with Crippen molar-refractivity contribution in [2.75, 3.05) is 24.6 Å². The average Bonchev–Trinajstić information content (AvgIpc) is 2.55. The summed E-state index contributed by atoms with van der Waals surface area (Å²) in [5, 5.41) is 9.82. The van der Waals surface area contributed by atoms with Crippen LogP contribution >= 0.6 is 0 Å². The van der Waals surface area contributed by atoms with Crippen LogP contribution in [0, 0.1) is 12.8 Å². The van der Waals surface area contributed by atoms with Crippen LogP contribution in [0.3, 0.4) is 0 Å². The van der Waals surface area contributed by atoms with Crippen molar-refractivity contribution in [2.24, 2.45) is 5.92 Å². The fourth-order valence-electron chi connectivity index (χ4n) is 3.40. The predicted molar refractivity (Wildman–Crippen MR) is 85.6 cm³/mol. The van der Waals surface area contributed by atoms with E-state index in [-0.39, 0.29) is 12.5 Å². The van der Waals surface area contributed by atoms with Crippen molar-refractivity contribution in [1.29, 1.82) is 0 Å². The van der Waals surface area contributed by atoms with E-state index in [0.717, 1.165) is 19.5 Å².